The van der Waals surface area contributed by atoms with Gasteiger partial charge in [-0.1, -0.05) is 11.8 Å². The zero-order chi connectivity index (χ0) is 9.68. The minimum atomic E-state index is -0.766. The molecule has 0 saturated carbocycles. The van der Waals surface area contributed by atoms with E-state index in [9.17, 15) is 0 Å². The standard InChI is InChI=1S/C6H11N3O3S/c7-1-5-8-9-6(12-5)13-3-4(11)2-10/h4,10-11H,1-3,7H2. The lowest BCUT2D eigenvalue weighted by Gasteiger charge is -2.02. The highest BCUT2D eigenvalue weighted by Crippen LogP contribution is 2.16. The van der Waals surface area contributed by atoms with Crippen molar-refractivity contribution in [2.45, 2.75) is 17.9 Å². The zero-order valence-corrected chi connectivity index (χ0v) is 7.70. The third kappa shape index (κ3) is 3.31. The fourth-order valence-corrected chi connectivity index (χ4v) is 1.29. The molecule has 1 atom stereocenters. The number of thioether (sulfide) groups is 1. The van der Waals surface area contributed by atoms with Gasteiger partial charge in [0.25, 0.3) is 5.22 Å². The van der Waals surface area contributed by atoms with Crippen molar-refractivity contribution in [1.29, 1.82) is 0 Å². The third-order valence-electron chi connectivity index (χ3n) is 1.23. The molecule has 0 radical (unpaired) electrons. The van der Waals surface area contributed by atoms with E-state index in [0.29, 0.717) is 16.9 Å². The van der Waals surface area contributed by atoms with Crippen LogP contribution in [-0.2, 0) is 6.54 Å². The van der Waals surface area contributed by atoms with Crippen LogP contribution in [0.15, 0.2) is 9.64 Å². The summed E-state index contributed by atoms with van der Waals surface area (Å²) in [5.41, 5.74) is 5.25. The first-order chi connectivity index (χ1) is 6.26. The number of hydrogen-bond acceptors (Lipinski definition) is 7. The Morgan fingerprint density at radius 1 is 1.54 bits per heavy atom. The summed E-state index contributed by atoms with van der Waals surface area (Å²) < 4.78 is 5.05. The molecule has 7 heteroatoms. The molecule has 1 unspecified atom stereocenters. The number of aromatic nitrogens is 2. The van der Waals surface area contributed by atoms with Crippen LogP contribution in [-0.4, -0.2) is 38.9 Å². The maximum Gasteiger partial charge on any atom is 0.276 e. The molecule has 4 N–H and O–H groups in total. The van der Waals surface area contributed by atoms with Gasteiger partial charge in [-0.05, 0) is 0 Å². The summed E-state index contributed by atoms with van der Waals surface area (Å²) >= 11 is 1.18. The van der Waals surface area contributed by atoms with Crippen molar-refractivity contribution in [3.8, 4) is 0 Å². The molecular formula is C6H11N3O3S. The van der Waals surface area contributed by atoms with Crippen molar-refractivity contribution in [1.82, 2.24) is 10.2 Å². The van der Waals surface area contributed by atoms with E-state index >= 15 is 0 Å². The molecule has 6 nitrogen and oxygen atoms in total. The van der Waals surface area contributed by atoms with Gasteiger partial charge in [0.2, 0.25) is 5.89 Å². The van der Waals surface area contributed by atoms with Crippen molar-refractivity contribution in [3.05, 3.63) is 5.89 Å². The van der Waals surface area contributed by atoms with E-state index in [-0.39, 0.29) is 13.2 Å². The molecule has 0 aliphatic heterocycles. The van der Waals surface area contributed by atoms with Crippen LogP contribution >= 0.6 is 11.8 Å². The Kier molecular flexibility index (Phi) is 4.16. The number of hydrogen-bond donors (Lipinski definition) is 3. The number of aliphatic hydroxyl groups excluding tert-OH is 2. The average Bonchev–Trinajstić information content (AvgIpc) is 2.61. The second kappa shape index (κ2) is 5.18. The molecule has 1 heterocycles. The van der Waals surface area contributed by atoms with Gasteiger partial charge >= 0.3 is 0 Å². The predicted molar refractivity (Wildman–Crippen MR) is 46.0 cm³/mol. The number of aliphatic hydroxyl groups is 2. The molecule has 1 aromatic rings. The zero-order valence-electron chi connectivity index (χ0n) is 6.88. The normalized spacial score (nSPS) is 13.2. The molecular weight excluding hydrogens is 194 g/mol. The van der Waals surface area contributed by atoms with Crippen molar-refractivity contribution in [2.24, 2.45) is 5.73 Å². The summed E-state index contributed by atoms with van der Waals surface area (Å²) in [5, 5.41) is 25.2. The Morgan fingerprint density at radius 2 is 2.31 bits per heavy atom. The Balaban J connectivity index is 2.36. The van der Waals surface area contributed by atoms with Crippen LogP contribution in [0.1, 0.15) is 5.89 Å². The lowest BCUT2D eigenvalue weighted by molar-refractivity contribution is 0.113. The fourth-order valence-electron chi connectivity index (χ4n) is 0.599. The molecule has 0 saturated heterocycles. The molecule has 0 fully saturated rings. The first-order valence-corrected chi connectivity index (χ1v) is 4.69. The fraction of sp³-hybridized carbons (Fsp3) is 0.667. The van der Waals surface area contributed by atoms with E-state index in [4.69, 9.17) is 20.4 Å². The minimum absolute atomic E-state index is 0.204. The number of nitrogens with zero attached hydrogens (tertiary/aromatic N) is 2. The van der Waals surface area contributed by atoms with Gasteiger partial charge in [-0.3, -0.25) is 0 Å². The van der Waals surface area contributed by atoms with Crippen LogP contribution < -0.4 is 5.73 Å². The van der Waals surface area contributed by atoms with Crippen molar-refractivity contribution < 1.29 is 14.6 Å². The van der Waals surface area contributed by atoms with Gasteiger partial charge in [-0.25, -0.2) is 0 Å². The quantitative estimate of drug-likeness (QED) is 0.528. The largest absolute Gasteiger partial charge is 0.415 e. The highest BCUT2D eigenvalue weighted by molar-refractivity contribution is 7.99. The Bertz CT molecular complexity index is 255. The Hall–Kier alpha value is -0.630. The lowest BCUT2D eigenvalue weighted by atomic mass is 10.4. The molecule has 1 rings (SSSR count). The van der Waals surface area contributed by atoms with E-state index < -0.39 is 6.10 Å². The van der Waals surface area contributed by atoms with Gasteiger partial charge < -0.3 is 20.4 Å². The van der Waals surface area contributed by atoms with Crippen LogP contribution in [0.4, 0.5) is 0 Å². The molecule has 0 aliphatic rings. The Morgan fingerprint density at radius 3 is 2.85 bits per heavy atom. The van der Waals surface area contributed by atoms with E-state index in [0.717, 1.165) is 0 Å². The first kappa shape index (κ1) is 10.5. The summed E-state index contributed by atoms with van der Waals surface area (Å²) in [4.78, 5) is 0. The topological polar surface area (TPSA) is 105 Å². The highest BCUT2D eigenvalue weighted by atomic mass is 32.2. The average molecular weight is 205 g/mol. The maximum atomic E-state index is 9.00. The van der Waals surface area contributed by atoms with Crippen molar-refractivity contribution in [3.63, 3.8) is 0 Å². The van der Waals surface area contributed by atoms with Gasteiger partial charge in [-0.2, -0.15) is 0 Å². The number of rotatable bonds is 5. The molecule has 1 aromatic heterocycles. The van der Waals surface area contributed by atoms with Crippen molar-refractivity contribution >= 4 is 11.8 Å². The molecule has 0 amide bonds. The summed E-state index contributed by atoms with van der Waals surface area (Å²) in [5.74, 6) is 0.684. The van der Waals surface area contributed by atoms with E-state index in [2.05, 4.69) is 10.2 Å². The third-order valence-corrected chi connectivity index (χ3v) is 2.20. The molecule has 0 aromatic carbocycles. The minimum Gasteiger partial charge on any atom is -0.415 e. The van der Waals surface area contributed by atoms with E-state index in [1.165, 1.54) is 11.8 Å². The molecule has 74 valence electrons. The molecule has 13 heavy (non-hydrogen) atoms. The predicted octanol–water partition coefficient (Wildman–Crippen LogP) is -1.03. The van der Waals surface area contributed by atoms with Crippen molar-refractivity contribution in [2.75, 3.05) is 12.4 Å². The highest BCUT2D eigenvalue weighted by Gasteiger charge is 2.08. The van der Waals surface area contributed by atoms with Gasteiger partial charge in [0, 0.05) is 5.75 Å². The van der Waals surface area contributed by atoms with Crippen LogP contribution in [0, 0.1) is 0 Å². The van der Waals surface area contributed by atoms with E-state index in [1.807, 2.05) is 0 Å². The second-order valence-electron chi connectivity index (χ2n) is 2.31. The monoisotopic (exact) mass is 205 g/mol. The summed E-state index contributed by atoms with van der Waals surface area (Å²) in [6, 6.07) is 0. The van der Waals surface area contributed by atoms with E-state index in [1.54, 1.807) is 0 Å². The van der Waals surface area contributed by atoms with Crippen LogP contribution in [0.5, 0.6) is 0 Å². The second-order valence-corrected chi connectivity index (χ2v) is 3.28. The van der Waals surface area contributed by atoms with Gasteiger partial charge in [0.05, 0.1) is 19.3 Å². The smallest absolute Gasteiger partial charge is 0.276 e. The SMILES string of the molecule is NCc1nnc(SCC(O)CO)o1. The lowest BCUT2D eigenvalue weighted by Crippen LogP contribution is -2.14. The maximum absolute atomic E-state index is 9.00. The van der Waals surface area contributed by atoms with Crippen LogP contribution in [0.25, 0.3) is 0 Å². The van der Waals surface area contributed by atoms with Gasteiger partial charge in [0.15, 0.2) is 0 Å². The number of nitrogens with two attached hydrogens (primary N) is 1. The van der Waals surface area contributed by atoms with Gasteiger partial charge in [0.1, 0.15) is 0 Å². The first-order valence-electron chi connectivity index (χ1n) is 3.70. The molecule has 0 bridgehead atoms. The summed E-state index contributed by atoms with van der Waals surface area (Å²) in [6.07, 6.45) is -0.766. The van der Waals surface area contributed by atoms with Crippen LogP contribution in [0.3, 0.4) is 0 Å². The Labute approximate surface area is 79.1 Å². The van der Waals surface area contributed by atoms with Crippen LogP contribution in [0.2, 0.25) is 0 Å². The molecule has 0 spiro atoms. The summed E-state index contributed by atoms with van der Waals surface area (Å²) in [6.45, 7) is -0.0685. The summed E-state index contributed by atoms with van der Waals surface area (Å²) in [7, 11) is 0. The molecule has 0 aliphatic carbocycles. The van der Waals surface area contributed by atoms with Gasteiger partial charge in [-0.15, -0.1) is 10.2 Å².